The molecule has 1 aromatic carbocycles. The van der Waals surface area contributed by atoms with Crippen molar-refractivity contribution < 1.29 is 67.2 Å². The van der Waals surface area contributed by atoms with E-state index in [0.717, 1.165) is 5.56 Å². The third-order valence-electron chi connectivity index (χ3n) is 8.76. The molecular formula is C29H41N5O14S. The molecule has 1 aromatic heterocycles. The Morgan fingerprint density at radius 1 is 0.939 bits per heavy atom. The number of carboxylic acids is 1. The van der Waals surface area contributed by atoms with E-state index in [9.17, 15) is 43.5 Å². The first-order chi connectivity index (χ1) is 23.3. The molecule has 19 nitrogen and oxygen atoms in total. The molecule has 20 heteroatoms. The second-order valence-electron chi connectivity index (χ2n) is 12.0. The number of nitrogens with one attached hydrogen (secondary N) is 1. The lowest BCUT2D eigenvalue weighted by molar-refractivity contribution is -0.302. The number of sulfone groups is 1. The number of amides is 1. The average Bonchev–Trinajstić information content (AvgIpc) is 3.57. The van der Waals surface area contributed by atoms with Crippen LogP contribution in [0.2, 0.25) is 0 Å². The zero-order chi connectivity index (χ0) is 35.5. The monoisotopic (exact) mass is 715 g/mol. The number of ether oxygens (including phenoxy) is 5. The van der Waals surface area contributed by atoms with E-state index in [-0.39, 0.29) is 24.5 Å². The van der Waals surface area contributed by atoms with Gasteiger partial charge >= 0.3 is 5.97 Å². The quantitative estimate of drug-likeness (QED) is 0.125. The molecule has 3 fully saturated rings. The van der Waals surface area contributed by atoms with Crippen LogP contribution < -0.4 is 10.2 Å². The summed E-state index contributed by atoms with van der Waals surface area (Å²) in [6.45, 7) is 0.301. The SMILES string of the molecule is COC1OC(C(=O)O)C(OCC2OC(CC(=O)NCc3ccc(-n4cc(N5CCS(=O)(=O)CC5)nn4)cc3)C(OC)C(O)C2O)C(O)C1O. The summed E-state index contributed by atoms with van der Waals surface area (Å²) in [5.41, 5.74) is 1.46. The Hall–Kier alpha value is -3.31. The topological polar surface area (TPSA) is 262 Å². The van der Waals surface area contributed by atoms with Crippen LogP contribution >= 0.6 is 0 Å². The summed E-state index contributed by atoms with van der Waals surface area (Å²) in [5, 5.41) is 62.8. The number of anilines is 1. The molecule has 49 heavy (non-hydrogen) atoms. The molecule has 3 aliphatic heterocycles. The summed E-state index contributed by atoms with van der Waals surface area (Å²) in [7, 11) is -0.579. The van der Waals surface area contributed by atoms with Gasteiger partial charge in [-0.2, -0.15) is 0 Å². The first-order valence-electron chi connectivity index (χ1n) is 15.5. The van der Waals surface area contributed by atoms with Crippen LogP contribution in [0, 0.1) is 0 Å². The predicted octanol–water partition coefficient (Wildman–Crippen LogP) is -3.42. The highest BCUT2D eigenvalue weighted by atomic mass is 32.2. The molecule has 1 amide bonds. The minimum atomic E-state index is -3.03. The van der Waals surface area contributed by atoms with Gasteiger partial charge in [0, 0.05) is 33.9 Å². The Morgan fingerprint density at radius 2 is 1.61 bits per heavy atom. The van der Waals surface area contributed by atoms with Crippen LogP contribution in [0.25, 0.3) is 5.69 Å². The van der Waals surface area contributed by atoms with Crippen LogP contribution in [-0.2, 0) is 49.7 Å². The number of benzene rings is 1. The molecule has 3 aliphatic rings. The standard InChI is InChI=1S/C29H41N5O14S/c1-44-25-17(47-18(21(36)22(25)37)14-46-26-23(38)24(39)29(45-2)48-27(26)28(40)41)11-20(35)30-12-15-3-5-16(6-4-15)34-13-19(31-32-34)33-7-9-49(42,43)10-8-33/h3-6,13,17-18,21-27,29,36-39H,7-12,14H2,1-2H3,(H,30,35)(H,40,41). The van der Waals surface area contributed by atoms with Gasteiger partial charge in [-0.15, -0.1) is 5.10 Å². The number of carboxylic acid groups (broad SMARTS) is 1. The highest BCUT2D eigenvalue weighted by Gasteiger charge is 2.50. The highest BCUT2D eigenvalue weighted by molar-refractivity contribution is 7.91. The van der Waals surface area contributed by atoms with E-state index < -0.39 is 89.5 Å². The molecule has 6 N–H and O–H groups in total. The van der Waals surface area contributed by atoms with Gasteiger partial charge in [0.05, 0.1) is 42.5 Å². The fourth-order valence-corrected chi connectivity index (χ4v) is 7.12. The van der Waals surface area contributed by atoms with Gasteiger partial charge in [-0.1, -0.05) is 17.3 Å². The van der Waals surface area contributed by atoms with Crippen LogP contribution in [0.1, 0.15) is 12.0 Å². The lowest BCUT2D eigenvalue weighted by Crippen LogP contribution is -2.63. The van der Waals surface area contributed by atoms with E-state index >= 15 is 0 Å². The Morgan fingerprint density at radius 3 is 2.24 bits per heavy atom. The van der Waals surface area contributed by atoms with E-state index in [4.69, 9.17) is 23.7 Å². The molecule has 3 saturated heterocycles. The predicted molar refractivity (Wildman–Crippen MR) is 165 cm³/mol. The van der Waals surface area contributed by atoms with Gasteiger partial charge in [0.25, 0.3) is 0 Å². The van der Waals surface area contributed by atoms with Crippen molar-refractivity contribution in [1.82, 2.24) is 20.3 Å². The van der Waals surface area contributed by atoms with Crippen molar-refractivity contribution in [3.8, 4) is 5.69 Å². The molecule has 0 spiro atoms. The van der Waals surface area contributed by atoms with Gasteiger partial charge < -0.3 is 59.4 Å². The fourth-order valence-electron chi connectivity index (χ4n) is 5.92. The molecule has 10 atom stereocenters. The van der Waals surface area contributed by atoms with Gasteiger partial charge in [0.2, 0.25) is 5.91 Å². The molecule has 2 aromatic rings. The third-order valence-corrected chi connectivity index (χ3v) is 10.4. The molecule has 5 rings (SSSR count). The Bertz CT molecular complexity index is 1530. The molecule has 0 bridgehead atoms. The number of nitrogens with zero attached hydrogens (tertiary/aromatic N) is 4. The number of aliphatic hydroxyl groups is 4. The van der Waals surface area contributed by atoms with Gasteiger partial charge in [-0.05, 0) is 17.7 Å². The van der Waals surface area contributed by atoms with Crippen molar-refractivity contribution in [3.05, 3.63) is 36.0 Å². The van der Waals surface area contributed by atoms with Crippen molar-refractivity contribution >= 4 is 27.5 Å². The van der Waals surface area contributed by atoms with Crippen molar-refractivity contribution in [3.63, 3.8) is 0 Å². The van der Waals surface area contributed by atoms with Crippen molar-refractivity contribution in [2.45, 2.75) is 74.2 Å². The van der Waals surface area contributed by atoms with E-state index in [0.29, 0.717) is 24.6 Å². The summed E-state index contributed by atoms with van der Waals surface area (Å²) in [4.78, 5) is 26.6. The third kappa shape index (κ3) is 8.53. The Labute approximate surface area is 281 Å². The molecule has 272 valence electrons. The fraction of sp³-hybridized carbons (Fsp3) is 0.655. The van der Waals surface area contributed by atoms with Gasteiger partial charge in [0.1, 0.15) is 42.7 Å². The number of hydrogen-bond acceptors (Lipinski definition) is 16. The first-order valence-corrected chi connectivity index (χ1v) is 17.3. The number of aromatic nitrogens is 3. The number of aliphatic carboxylic acids is 1. The summed E-state index contributed by atoms with van der Waals surface area (Å²) in [6.07, 6.45) is -13.2. The maximum atomic E-state index is 12.9. The number of hydrogen-bond donors (Lipinski definition) is 6. The van der Waals surface area contributed by atoms with E-state index in [2.05, 4.69) is 15.6 Å². The first kappa shape index (κ1) is 37.0. The van der Waals surface area contributed by atoms with Crippen molar-refractivity contribution in [2.24, 2.45) is 0 Å². The minimum absolute atomic E-state index is 0.0643. The van der Waals surface area contributed by atoms with Crippen LogP contribution in [0.15, 0.2) is 30.5 Å². The number of aliphatic hydroxyl groups excluding tert-OH is 4. The van der Waals surface area contributed by atoms with Crippen molar-refractivity contribution in [1.29, 1.82) is 0 Å². The van der Waals surface area contributed by atoms with Gasteiger partial charge in [-0.3, -0.25) is 4.79 Å². The van der Waals surface area contributed by atoms with Crippen LogP contribution in [0.5, 0.6) is 0 Å². The van der Waals surface area contributed by atoms with Crippen LogP contribution in [0.4, 0.5) is 5.82 Å². The number of rotatable bonds is 12. The van der Waals surface area contributed by atoms with E-state index in [1.165, 1.54) is 14.2 Å². The smallest absolute Gasteiger partial charge is 0.335 e. The summed E-state index contributed by atoms with van der Waals surface area (Å²) >= 11 is 0. The summed E-state index contributed by atoms with van der Waals surface area (Å²) < 4.78 is 51.8. The lowest BCUT2D eigenvalue weighted by Gasteiger charge is -2.44. The van der Waals surface area contributed by atoms with Crippen LogP contribution in [-0.4, -0.2) is 167 Å². The van der Waals surface area contributed by atoms with E-state index in [1.54, 1.807) is 35.1 Å². The molecule has 0 saturated carbocycles. The van der Waals surface area contributed by atoms with Gasteiger partial charge in [-0.25, -0.2) is 17.9 Å². The normalized spacial score (nSPS) is 33.2. The maximum Gasteiger partial charge on any atom is 0.335 e. The second kappa shape index (κ2) is 15.7. The molecule has 0 aliphatic carbocycles. The number of carbonyl (C=O) groups excluding carboxylic acids is 1. The zero-order valence-electron chi connectivity index (χ0n) is 26.7. The molecule has 10 unspecified atom stereocenters. The lowest BCUT2D eigenvalue weighted by atomic mass is 9.93. The number of carbonyl (C=O) groups is 2. The minimum Gasteiger partial charge on any atom is -0.479 e. The molecule has 4 heterocycles. The zero-order valence-corrected chi connectivity index (χ0v) is 27.5. The molecule has 0 radical (unpaired) electrons. The summed E-state index contributed by atoms with van der Waals surface area (Å²) in [5.74, 6) is -1.25. The summed E-state index contributed by atoms with van der Waals surface area (Å²) in [6, 6.07) is 7.14. The highest BCUT2D eigenvalue weighted by Crippen LogP contribution is 2.29. The van der Waals surface area contributed by atoms with Crippen molar-refractivity contribution in [2.75, 3.05) is 50.3 Å². The van der Waals surface area contributed by atoms with Gasteiger partial charge in [0.15, 0.2) is 28.0 Å². The largest absolute Gasteiger partial charge is 0.479 e. The van der Waals surface area contributed by atoms with Crippen LogP contribution in [0.3, 0.4) is 0 Å². The van der Waals surface area contributed by atoms with E-state index in [1.807, 2.05) is 4.90 Å². The average molecular weight is 716 g/mol. The molecular weight excluding hydrogens is 674 g/mol. The second-order valence-corrected chi connectivity index (χ2v) is 14.3. The Balaban J connectivity index is 1.15. The maximum absolute atomic E-state index is 12.9. The number of methoxy groups -OCH3 is 2. The Kier molecular flexibility index (Phi) is 11.8.